The van der Waals surface area contributed by atoms with Gasteiger partial charge < -0.3 is 0 Å². The van der Waals surface area contributed by atoms with Crippen LogP contribution in [0.4, 0.5) is 0 Å². The fraction of sp³-hybridized carbons (Fsp3) is 1.00. The van der Waals surface area contributed by atoms with Gasteiger partial charge in [-0.1, -0.05) is 72.1 Å². The highest BCUT2D eigenvalue weighted by molar-refractivity contribution is 4.60. The maximum absolute atomic E-state index is 12.1. The minimum absolute atomic E-state index is 0.0167. The summed E-state index contributed by atoms with van der Waals surface area (Å²) in [7, 11) is 0. The van der Waals surface area contributed by atoms with Crippen LogP contribution >= 0.6 is 0 Å². The lowest BCUT2D eigenvalue weighted by Crippen LogP contribution is -2.26. The third-order valence-corrected chi connectivity index (χ3v) is 5.34. The van der Waals surface area contributed by atoms with Gasteiger partial charge in [0.25, 0.3) is 0 Å². The Morgan fingerprint density at radius 3 is 1.83 bits per heavy atom. The van der Waals surface area contributed by atoms with Gasteiger partial charge in [0.2, 0.25) is 0 Å². The molecule has 0 aromatic rings. The van der Waals surface area contributed by atoms with Crippen LogP contribution < -0.4 is 0 Å². The predicted octanol–water partition coefficient (Wildman–Crippen LogP) is 6.52. The summed E-state index contributed by atoms with van der Waals surface area (Å²) in [5.74, 6) is 0.574. The molecule has 24 heavy (non-hydrogen) atoms. The van der Waals surface area contributed by atoms with Crippen molar-refractivity contribution in [2.45, 2.75) is 123 Å². The van der Waals surface area contributed by atoms with Crippen molar-refractivity contribution in [2.24, 2.45) is 5.92 Å². The molecule has 0 heterocycles. The minimum Gasteiger partial charge on any atom is -0.183 e. The Morgan fingerprint density at radius 2 is 1.38 bits per heavy atom. The lowest BCUT2D eigenvalue weighted by Gasteiger charge is -2.15. The maximum Gasteiger partial charge on any atom is 0.478 e. The molecule has 0 saturated heterocycles. The first kappa shape index (κ1) is 21.2. The zero-order valence-electron chi connectivity index (χ0n) is 16.3. The molecule has 4 nitrogen and oxygen atoms in total. The molecule has 2 unspecified atom stereocenters. The van der Waals surface area contributed by atoms with Crippen LogP contribution in [0.2, 0.25) is 0 Å². The number of nitrogens with zero attached hydrogens (tertiary/aromatic N) is 1. The summed E-state index contributed by atoms with van der Waals surface area (Å²) in [4.78, 5) is 23.2. The molecule has 1 aliphatic carbocycles. The van der Waals surface area contributed by atoms with Gasteiger partial charge in [-0.15, -0.1) is 0 Å². The number of hydrogen-bond donors (Lipinski definition) is 0. The van der Waals surface area contributed by atoms with E-state index >= 15 is 0 Å². The largest absolute Gasteiger partial charge is 0.478 e. The molecule has 0 amide bonds. The number of rotatable bonds is 8. The molecule has 1 aliphatic rings. The predicted molar refractivity (Wildman–Crippen MR) is 98.5 cm³/mol. The molecule has 0 aromatic carbocycles. The SMILES string of the molecule is CCC(C)CC(CC)O[N+](=O)OC1CCCCCCCCCCC1. The molecule has 2 atom stereocenters. The summed E-state index contributed by atoms with van der Waals surface area (Å²) < 4.78 is 0. The van der Waals surface area contributed by atoms with E-state index in [1.807, 2.05) is 0 Å². The minimum atomic E-state index is -0.0382. The van der Waals surface area contributed by atoms with Gasteiger partial charge in [-0.05, 0) is 44.4 Å². The van der Waals surface area contributed by atoms with E-state index in [1.54, 1.807) is 0 Å². The van der Waals surface area contributed by atoms with Gasteiger partial charge in [-0.25, -0.2) is 0 Å². The average Bonchev–Trinajstić information content (AvgIpc) is 2.56. The summed E-state index contributed by atoms with van der Waals surface area (Å²) in [6.07, 6.45) is 16.4. The molecule has 1 fully saturated rings. The molecule has 1 saturated carbocycles. The van der Waals surface area contributed by atoms with Gasteiger partial charge in [0.15, 0.2) is 12.2 Å². The Hall–Kier alpha value is -0.800. The van der Waals surface area contributed by atoms with Gasteiger partial charge in [-0.3, -0.25) is 0 Å². The summed E-state index contributed by atoms with van der Waals surface area (Å²) in [6, 6.07) is 0. The fourth-order valence-electron chi connectivity index (χ4n) is 3.40. The third-order valence-electron chi connectivity index (χ3n) is 5.34. The Kier molecular flexibility index (Phi) is 11.9. The van der Waals surface area contributed by atoms with Crippen molar-refractivity contribution in [1.29, 1.82) is 0 Å². The molecular formula is C20H40NO3+. The van der Waals surface area contributed by atoms with Crippen molar-refractivity contribution in [1.82, 2.24) is 0 Å². The lowest BCUT2D eigenvalue weighted by molar-refractivity contribution is -0.993. The second-order valence-corrected chi connectivity index (χ2v) is 7.60. The highest BCUT2D eigenvalue weighted by Crippen LogP contribution is 2.20. The van der Waals surface area contributed by atoms with Gasteiger partial charge in [-0.2, -0.15) is 9.68 Å². The molecule has 142 valence electrons. The second-order valence-electron chi connectivity index (χ2n) is 7.60. The van der Waals surface area contributed by atoms with Crippen molar-refractivity contribution < 1.29 is 14.8 Å². The Balaban J connectivity index is 2.38. The molecule has 0 aliphatic heterocycles. The highest BCUT2D eigenvalue weighted by Gasteiger charge is 2.27. The Labute approximate surface area is 149 Å². The van der Waals surface area contributed by atoms with Crippen LogP contribution in [-0.4, -0.2) is 17.3 Å². The summed E-state index contributed by atoms with van der Waals surface area (Å²) in [6.45, 7) is 6.44. The average molecular weight is 343 g/mol. The van der Waals surface area contributed by atoms with Crippen molar-refractivity contribution in [2.75, 3.05) is 0 Å². The molecule has 0 N–H and O–H groups in total. The molecule has 0 radical (unpaired) electrons. The van der Waals surface area contributed by atoms with E-state index in [0.29, 0.717) is 11.0 Å². The molecule has 0 aromatic heterocycles. The smallest absolute Gasteiger partial charge is 0.183 e. The van der Waals surface area contributed by atoms with Crippen molar-refractivity contribution in [3.05, 3.63) is 4.91 Å². The van der Waals surface area contributed by atoms with Gasteiger partial charge in [0.1, 0.15) is 4.91 Å². The standard InChI is InChI=1S/C20H40NO3/c1-4-18(3)17-19(5-2)23-21(22)24-20-15-13-11-9-7-6-8-10-12-14-16-20/h18-20H,4-17H2,1-3H3/q+1. The first-order valence-corrected chi connectivity index (χ1v) is 10.5. The first-order valence-electron chi connectivity index (χ1n) is 10.5. The molecule has 1 rings (SSSR count). The molecule has 4 heteroatoms. The monoisotopic (exact) mass is 342 g/mol. The van der Waals surface area contributed by atoms with E-state index in [-0.39, 0.29) is 12.2 Å². The van der Waals surface area contributed by atoms with Crippen LogP contribution in [0.3, 0.4) is 0 Å². The van der Waals surface area contributed by atoms with E-state index in [9.17, 15) is 4.91 Å². The van der Waals surface area contributed by atoms with Crippen molar-refractivity contribution in [3.8, 4) is 0 Å². The van der Waals surface area contributed by atoms with Crippen LogP contribution in [0.1, 0.15) is 111 Å². The Morgan fingerprint density at radius 1 is 0.875 bits per heavy atom. The van der Waals surface area contributed by atoms with Crippen LogP contribution in [0, 0.1) is 10.8 Å². The lowest BCUT2D eigenvalue weighted by atomic mass is 9.99. The third kappa shape index (κ3) is 10.1. The fourth-order valence-corrected chi connectivity index (χ4v) is 3.40. The molecule has 0 bridgehead atoms. The van der Waals surface area contributed by atoms with E-state index < -0.39 is 0 Å². The summed E-state index contributed by atoms with van der Waals surface area (Å²) in [5, 5.41) is 0.424. The van der Waals surface area contributed by atoms with Crippen LogP contribution in [-0.2, 0) is 9.68 Å². The second kappa shape index (κ2) is 13.5. The maximum atomic E-state index is 12.1. The number of hydrogen-bond acceptors (Lipinski definition) is 3. The Bertz CT molecular complexity index is 310. The van der Waals surface area contributed by atoms with Gasteiger partial charge >= 0.3 is 5.09 Å². The van der Waals surface area contributed by atoms with Crippen LogP contribution in [0.15, 0.2) is 0 Å². The van der Waals surface area contributed by atoms with Crippen LogP contribution in [0.25, 0.3) is 0 Å². The normalized spacial score (nSPS) is 21.1. The molecular weight excluding hydrogens is 302 g/mol. The summed E-state index contributed by atoms with van der Waals surface area (Å²) >= 11 is 0. The topological polar surface area (TPSA) is 38.5 Å². The highest BCUT2D eigenvalue weighted by atomic mass is 17.0. The summed E-state index contributed by atoms with van der Waals surface area (Å²) in [5.41, 5.74) is 0. The molecule has 0 spiro atoms. The van der Waals surface area contributed by atoms with Gasteiger partial charge in [0.05, 0.1) is 0 Å². The van der Waals surface area contributed by atoms with Gasteiger partial charge in [0, 0.05) is 0 Å². The van der Waals surface area contributed by atoms with E-state index in [0.717, 1.165) is 44.9 Å². The van der Waals surface area contributed by atoms with E-state index in [1.165, 1.54) is 44.9 Å². The first-order chi connectivity index (χ1) is 11.7. The quantitative estimate of drug-likeness (QED) is 0.471. The van der Waals surface area contributed by atoms with E-state index in [4.69, 9.17) is 9.68 Å². The zero-order chi connectivity index (χ0) is 17.6. The zero-order valence-corrected chi connectivity index (χ0v) is 16.3. The van der Waals surface area contributed by atoms with Crippen molar-refractivity contribution in [3.63, 3.8) is 0 Å². The van der Waals surface area contributed by atoms with E-state index in [2.05, 4.69) is 20.8 Å². The van der Waals surface area contributed by atoms with Crippen molar-refractivity contribution >= 4 is 0 Å². The van der Waals surface area contributed by atoms with Crippen LogP contribution in [0.5, 0.6) is 0 Å².